The first-order valence-corrected chi connectivity index (χ1v) is 7.69. The molecule has 20 heavy (non-hydrogen) atoms. The van der Waals surface area contributed by atoms with E-state index in [2.05, 4.69) is 4.83 Å². The van der Waals surface area contributed by atoms with E-state index in [4.69, 9.17) is 5.11 Å². The van der Waals surface area contributed by atoms with E-state index >= 15 is 0 Å². The van der Waals surface area contributed by atoms with E-state index in [-0.39, 0.29) is 5.56 Å². The molecule has 1 aliphatic rings. The Morgan fingerprint density at radius 3 is 2.50 bits per heavy atom. The van der Waals surface area contributed by atoms with Gasteiger partial charge in [0.25, 0.3) is 10.0 Å². The normalized spacial score (nSPS) is 17.1. The van der Waals surface area contributed by atoms with Crippen molar-refractivity contribution in [3.63, 3.8) is 0 Å². The minimum Gasteiger partial charge on any atom is -0.478 e. The van der Waals surface area contributed by atoms with Crippen molar-refractivity contribution >= 4 is 16.0 Å². The highest BCUT2D eigenvalue weighted by Gasteiger charge is 2.24. The molecule has 0 bridgehead atoms. The molecular formula is C12H15FN2O4S. The van der Waals surface area contributed by atoms with E-state index in [9.17, 15) is 17.6 Å². The molecule has 0 saturated carbocycles. The number of rotatable bonds is 4. The fourth-order valence-electron chi connectivity index (χ4n) is 2.05. The molecule has 110 valence electrons. The van der Waals surface area contributed by atoms with Gasteiger partial charge in [0.15, 0.2) is 0 Å². The predicted octanol–water partition coefficient (Wildman–Crippen LogP) is 1.20. The van der Waals surface area contributed by atoms with Gasteiger partial charge in [0.05, 0.1) is 5.56 Å². The highest BCUT2D eigenvalue weighted by molar-refractivity contribution is 7.89. The zero-order valence-electron chi connectivity index (χ0n) is 10.7. The zero-order chi connectivity index (χ0) is 14.8. The second kappa shape index (κ2) is 5.86. The summed E-state index contributed by atoms with van der Waals surface area (Å²) in [4.78, 5) is 12.5. The quantitative estimate of drug-likeness (QED) is 0.873. The van der Waals surface area contributed by atoms with Crippen molar-refractivity contribution in [2.45, 2.75) is 24.2 Å². The monoisotopic (exact) mass is 302 g/mol. The van der Waals surface area contributed by atoms with Crippen LogP contribution in [0.3, 0.4) is 0 Å². The van der Waals surface area contributed by atoms with Gasteiger partial charge in [0.1, 0.15) is 10.7 Å². The van der Waals surface area contributed by atoms with Crippen LogP contribution in [0.1, 0.15) is 29.6 Å². The van der Waals surface area contributed by atoms with Crippen LogP contribution in [0, 0.1) is 5.82 Å². The Balaban J connectivity index is 2.28. The Morgan fingerprint density at radius 2 is 1.90 bits per heavy atom. The molecule has 0 aliphatic carbocycles. The number of carbonyl (C=O) groups is 1. The van der Waals surface area contributed by atoms with Gasteiger partial charge in [0, 0.05) is 13.1 Å². The first kappa shape index (κ1) is 14.9. The fourth-order valence-corrected chi connectivity index (χ4v) is 3.27. The van der Waals surface area contributed by atoms with E-state index in [1.165, 1.54) is 5.01 Å². The number of nitrogens with one attached hydrogen (secondary N) is 1. The SMILES string of the molecule is O=C(O)c1ccc(F)c(S(=O)(=O)NN2CCCCC2)c1. The van der Waals surface area contributed by atoms with E-state index in [1.54, 1.807) is 0 Å². The summed E-state index contributed by atoms with van der Waals surface area (Å²) < 4.78 is 37.9. The molecule has 1 saturated heterocycles. The zero-order valence-corrected chi connectivity index (χ0v) is 11.5. The average molecular weight is 302 g/mol. The van der Waals surface area contributed by atoms with Gasteiger partial charge in [0.2, 0.25) is 0 Å². The number of carboxylic acid groups (broad SMARTS) is 1. The van der Waals surface area contributed by atoms with Crippen molar-refractivity contribution < 1.29 is 22.7 Å². The maximum Gasteiger partial charge on any atom is 0.335 e. The topological polar surface area (TPSA) is 86.7 Å². The summed E-state index contributed by atoms with van der Waals surface area (Å²) in [6, 6.07) is 2.69. The molecule has 1 aromatic rings. The van der Waals surface area contributed by atoms with Crippen LogP contribution in [-0.2, 0) is 10.0 Å². The smallest absolute Gasteiger partial charge is 0.335 e. The summed E-state index contributed by atoms with van der Waals surface area (Å²) in [7, 11) is -4.11. The molecule has 0 amide bonds. The second-order valence-electron chi connectivity index (χ2n) is 4.59. The van der Waals surface area contributed by atoms with Crippen LogP contribution >= 0.6 is 0 Å². The number of hydrazine groups is 1. The van der Waals surface area contributed by atoms with Gasteiger partial charge >= 0.3 is 5.97 Å². The minimum atomic E-state index is -4.11. The lowest BCUT2D eigenvalue weighted by molar-refractivity contribution is 0.0696. The van der Waals surface area contributed by atoms with Crippen LogP contribution in [0.2, 0.25) is 0 Å². The van der Waals surface area contributed by atoms with Gasteiger partial charge < -0.3 is 5.11 Å². The Labute approximate surface area is 116 Å². The number of piperidine rings is 1. The largest absolute Gasteiger partial charge is 0.478 e. The van der Waals surface area contributed by atoms with Crippen molar-refractivity contribution in [1.82, 2.24) is 9.84 Å². The molecule has 6 nitrogen and oxygen atoms in total. The van der Waals surface area contributed by atoms with Crippen LogP contribution in [0.25, 0.3) is 0 Å². The summed E-state index contributed by atoms with van der Waals surface area (Å²) in [6.07, 6.45) is 2.75. The van der Waals surface area contributed by atoms with Crippen LogP contribution in [0.4, 0.5) is 4.39 Å². The van der Waals surface area contributed by atoms with Crippen LogP contribution in [0.5, 0.6) is 0 Å². The summed E-state index contributed by atoms with van der Waals surface area (Å²) in [6.45, 7) is 1.11. The van der Waals surface area contributed by atoms with Gasteiger partial charge in [-0.3, -0.25) is 0 Å². The summed E-state index contributed by atoms with van der Waals surface area (Å²) in [5.41, 5.74) is -0.273. The summed E-state index contributed by atoms with van der Waals surface area (Å²) >= 11 is 0. The number of halogens is 1. The molecule has 2 N–H and O–H groups in total. The van der Waals surface area contributed by atoms with E-state index in [1.807, 2.05) is 0 Å². The van der Waals surface area contributed by atoms with Crippen molar-refractivity contribution in [2.75, 3.05) is 13.1 Å². The summed E-state index contributed by atoms with van der Waals surface area (Å²) in [5, 5.41) is 10.3. The number of aromatic carboxylic acids is 1. The lowest BCUT2D eigenvalue weighted by Crippen LogP contribution is -2.45. The highest BCUT2D eigenvalue weighted by atomic mass is 32.2. The first-order chi connectivity index (χ1) is 9.40. The molecule has 1 aliphatic heterocycles. The summed E-state index contributed by atoms with van der Waals surface area (Å²) in [5.74, 6) is -2.28. The number of benzene rings is 1. The third kappa shape index (κ3) is 3.33. The molecule has 2 rings (SSSR count). The molecule has 0 unspecified atom stereocenters. The number of sulfonamides is 1. The van der Waals surface area contributed by atoms with Crippen LogP contribution in [0.15, 0.2) is 23.1 Å². The van der Waals surface area contributed by atoms with Gasteiger partial charge in [-0.25, -0.2) is 22.6 Å². The van der Waals surface area contributed by atoms with E-state index in [0.29, 0.717) is 13.1 Å². The van der Waals surface area contributed by atoms with Crippen LogP contribution < -0.4 is 4.83 Å². The number of hydrogen-bond donors (Lipinski definition) is 2. The van der Waals surface area contributed by atoms with Crippen LogP contribution in [-0.4, -0.2) is 37.6 Å². The van der Waals surface area contributed by atoms with E-state index < -0.39 is 26.7 Å². The molecule has 1 fully saturated rings. The molecule has 1 aromatic carbocycles. The number of carboxylic acids is 1. The van der Waals surface area contributed by atoms with Gasteiger partial charge in [-0.2, -0.15) is 0 Å². The highest BCUT2D eigenvalue weighted by Crippen LogP contribution is 2.18. The molecule has 1 heterocycles. The molecular weight excluding hydrogens is 287 g/mol. The Hall–Kier alpha value is -1.51. The van der Waals surface area contributed by atoms with Crippen molar-refractivity contribution in [2.24, 2.45) is 0 Å². The molecule has 0 spiro atoms. The predicted molar refractivity (Wildman–Crippen MR) is 69.1 cm³/mol. The standard InChI is InChI=1S/C12H15FN2O4S/c13-10-5-4-9(12(16)17)8-11(10)20(18,19)14-15-6-2-1-3-7-15/h4-5,8,14H,1-3,6-7H2,(H,16,17). The maximum absolute atomic E-state index is 13.7. The number of hydrogen-bond acceptors (Lipinski definition) is 4. The Bertz CT molecular complexity index is 612. The Kier molecular flexibility index (Phi) is 4.36. The molecule has 8 heteroatoms. The molecule has 0 aromatic heterocycles. The van der Waals surface area contributed by atoms with Crippen molar-refractivity contribution in [3.05, 3.63) is 29.6 Å². The van der Waals surface area contributed by atoms with Crippen molar-refractivity contribution in [3.8, 4) is 0 Å². The van der Waals surface area contributed by atoms with Crippen molar-refractivity contribution in [1.29, 1.82) is 0 Å². The van der Waals surface area contributed by atoms with Gasteiger partial charge in [-0.15, -0.1) is 4.83 Å². The fraction of sp³-hybridized carbons (Fsp3) is 0.417. The maximum atomic E-state index is 13.7. The average Bonchev–Trinajstić information content (AvgIpc) is 2.39. The third-order valence-corrected chi connectivity index (χ3v) is 4.46. The van der Waals surface area contributed by atoms with E-state index in [0.717, 1.165) is 37.5 Å². The molecule has 0 radical (unpaired) electrons. The third-order valence-electron chi connectivity index (χ3n) is 3.07. The van der Waals surface area contributed by atoms with Gasteiger partial charge in [-0.05, 0) is 31.0 Å². The van der Waals surface area contributed by atoms with Gasteiger partial charge in [-0.1, -0.05) is 6.42 Å². The Morgan fingerprint density at radius 1 is 1.25 bits per heavy atom. The minimum absolute atomic E-state index is 0.273. The number of nitrogens with zero attached hydrogens (tertiary/aromatic N) is 1. The molecule has 0 atom stereocenters. The second-order valence-corrected chi connectivity index (χ2v) is 6.22. The lowest BCUT2D eigenvalue weighted by atomic mass is 10.2. The first-order valence-electron chi connectivity index (χ1n) is 6.20. The lowest BCUT2D eigenvalue weighted by Gasteiger charge is -2.26.